The van der Waals surface area contributed by atoms with Crippen molar-refractivity contribution in [3.63, 3.8) is 0 Å². The molecule has 0 saturated heterocycles. The molecule has 90 valence electrons. The van der Waals surface area contributed by atoms with Crippen LogP contribution in [0.25, 0.3) is 0 Å². The van der Waals surface area contributed by atoms with E-state index in [-0.39, 0.29) is 0 Å². The highest BCUT2D eigenvalue weighted by molar-refractivity contribution is 5.08. The molecule has 4 heteroatoms. The van der Waals surface area contributed by atoms with Gasteiger partial charge in [0.25, 0.3) is 0 Å². The molecular formula is C12H21N3O. The number of rotatable bonds is 8. The van der Waals surface area contributed by atoms with Gasteiger partial charge in [-0.3, -0.25) is 4.98 Å². The molecule has 0 saturated carbocycles. The minimum atomic E-state index is 0.629. The van der Waals surface area contributed by atoms with E-state index >= 15 is 0 Å². The van der Waals surface area contributed by atoms with Crippen LogP contribution in [0.4, 0.5) is 0 Å². The van der Waals surface area contributed by atoms with Crippen LogP contribution in [0, 0.1) is 0 Å². The summed E-state index contributed by atoms with van der Waals surface area (Å²) in [6.07, 6.45) is 6.75. The second-order valence-electron chi connectivity index (χ2n) is 3.73. The smallest absolute Gasteiger partial charge is 0.232 e. The van der Waals surface area contributed by atoms with Gasteiger partial charge >= 0.3 is 0 Å². The summed E-state index contributed by atoms with van der Waals surface area (Å²) in [7, 11) is 0. The van der Waals surface area contributed by atoms with Gasteiger partial charge in [-0.05, 0) is 19.4 Å². The van der Waals surface area contributed by atoms with Gasteiger partial charge in [0.05, 0.1) is 18.5 Å². The summed E-state index contributed by atoms with van der Waals surface area (Å²) in [6, 6.07) is 0. The van der Waals surface area contributed by atoms with E-state index in [1.54, 1.807) is 12.4 Å². The average Bonchev–Trinajstić information content (AvgIpc) is 2.30. The van der Waals surface area contributed by atoms with Crippen LogP contribution in [0.1, 0.15) is 38.8 Å². The quantitative estimate of drug-likeness (QED) is 0.686. The topological polar surface area (TPSA) is 47.0 Å². The van der Waals surface area contributed by atoms with Gasteiger partial charge in [-0.1, -0.05) is 20.3 Å². The number of nitrogens with one attached hydrogen (secondary N) is 1. The average molecular weight is 223 g/mol. The highest BCUT2D eigenvalue weighted by atomic mass is 16.5. The predicted molar refractivity (Wildman–Crippen MR) is 64.4 cm³/mol. The minimum Gasteiger partial charge on any atom is -0.477 e. The van der Waals surface area contributed by atoms with E-state index in [4.69, 9.17) is 4.74 Å². The lowest BCUT2D eigenvalue weighted by Gasteiger charge is -2.06. The van der Waals surface area contributed by atoms with Crippen molar-refractivity contribution in [3.05, 3.63) is 18.1 Å². The number of hydrogen-bond acceptors (Lipinski definition) is 4. The molecule has 0 bridgehead atoms. The molecule has 0 fully saturated rings. The molecule has 1 aromatic heterocycles. The predicted octanol–water partition coefficient (Wildman–Crippen LogP) is 2.16. The summed E-state index contributed by atoms with van der Waals surface area (Å²) < 4.78 is 5.49. The molecule has 0 aliphatic heterocycles. The number of aromatic nitrogens is 2. The van der Waals surface area contributed by atoms with E-state index in [1.165, 1.54) is 0 Å². The van der Waals surface area contributed by atoms with Gasteiger partial charge in [0.1, 0.15) is 0 Å². The molecule has 0 radical (unpaired) electrons. The second-order valence-corrected chi connectivity index (χ2v) is 3.73. The van der Waals surface area contributed by atoms with E-state index < -0.39 is 0 Å². The van der Waals surface area contributed by atoms with Gasteiger partial charge in [-0.15, -0.1) is 0 Å². The van der Waals surface area contributed by atoms with E-state index in [1.807, 2.05) is 0 Å². The summed E-state index contributed by atoms with van der Waals surface area (Å²) in [5, 5.41) is 3.29. The van der Waals surface area contributed by atoms with Gasteiger partial charge in [-0.25, -0.2) is 4.98 Å². The Kier molecular flexibility index (Phi) is 6.49. The Morgan fingerprint density at radius 1 is 1.25 bits per heavy atom. The van der Waals surface area contributed by atoms with Crippen molar-refractivity contribution in [2.24, 2.45) is 0 Å². The molecule has 0 spiro atoms. The first-order chi connectivity index (χ1) is 7.86. The zero-order chi connectivity index (χ0) is 11.6. The van der Waals surface area contributed by atoms with Crippen LogP contribution in [0.5, 0.6) is 5.88 Å². The fraction of sp³-hybridized carbons (Fsp3) is 0.667. The normalized spacial score (nSPS) is 10.4. The third kappa shape index (κ3) is 5.07. The molecule has 16 heavy (non-hydrogen) atoms. The van der Waals surface area contributed by atoms with E-state index in [2.05, 4.69) is 29.1 Å². The number of hydrogen-bond donors (Lipinski definition) is 1. The molecule has 0 amide bonds. The molecule has 0 aliphatic carbocycles. The van der Waals surface area contributed by atoms with Crippen LogP contribution in [0.3, 0.4) is 0 Å². The third-order valence-corrected chi connectivity index (χ3v) is 2.14. The standard InChI is InChI=1S/C12H21N3O/c1-3-5-7-16-12-10-14-9-11(15-12)8-13-6-4-2/h9-10,13H,3-8H2,1-2H3. The van der Waals surface area contributed by atoms with Crippen LogP contribution in [-0.4, -0.2) is 23.1 Å². The highest BCUT2D eigenvalue weighted by Crippen LogP contribution is 2.05. The highest BCUT2D eigenvalue weighted by Gasteiger charge is 1.99. The molecule has 1 aromatic rings. The first-order valence-electron chi connectivity index (χ1n) is 6.01. The van der Waals surface area contributed by atoms with Crippen molar-refractivity contribution >= 4 is 0 Å². The van der Waals surface area contributed by atoms with Gasteiger partial charge in [0, 0.05) is 12.7 Å². The molecule has 0 aromatic carbocycles. The monoisotopic (exact) mass is 223 g/mol. The van der Waals surface area contributed by atoms with Crippen molar-refractivity contribution in [2.75, 3.05) is 13.2 Å². The fourth-order valence-electron chi connectivity index (χ4n) is 1.26. The molecule has 0 unspecified atom stereocenters. The molecule has 1 N–H and O–H groups in total. The zero-order valence-electron chi connectivity index (χ0n) is 10.2. The maximum atomic E-state index is 5.49. The van der Waals surface area contributed by atoms with E-state index in [0.717, 1.165) is 44.7 Å². The molecule has 0 aliphatic rings. The van der Waals surface area contributed by atoms with Gasteiger partial charge < -0.3 is 10.1 Å². The molecule has 4 nitrogen and oxygen atoms in total. The first kappa shape index (κ1) is 12.9. The van der Waals surface area contributed by atoms with Crippen molar-refractivity contribution in [3.8, 4) is 5.88 Å². The fourth-order valence-corrected chi connectivity index (χ4v) is 1.26. The summed E-state index contributed by atoms with van der Waals surface area (Å²) in [4.78, 5) is 8.48. The van der Waals surface area contributed by atoms with Gasteiger partial charge in [0.2, 0.25) is 5.88 Å². The summed E-state index contributed by atoms with van der Waals surface area (Å²) in [5.41, 5.74) is 0.933. The summed E-state index contributed by atoms with van der Waals surface area (Å²) in [5.74, 6) is 0.629. The lowest BCUT2D eigenvalue weighted by Crippen LogP contribution is -2.15. The minimum absolute atomic E-state index is 0.629. The molecular weight excluding hydrogens is 202 g/mol. The van der Waals surface area contributed by atoms with Gasteiger partial charge in [0.15, 0.2) is 0 Å². The van der Waals surface area contributed by atoms with Crippen molar-refractivity contribution < 1.29 is 4.74 Å². The Morgan fingerprint density at radius 2 is 2.12 bits per heavy atom. The van der Waals surface area contributed by atoms with Crippen molar-refractivity contribution in [1.29, 1.82) is 0 Å². The second kappa shape index (κ2) is 8.05. The van der Waals surface area contributed by atoms with Crippen LogP contribution < -0.4 is 10.1 Å². The van der Waals surface area contributed by atoms with E-state index in [9.17, 15) is 0 Å². The Bertz CT molecular complexity index is 266. The SMILES string of the molecule is CCCCOc1cncc(CNCCC)n1. The Hall–Kier alpha value is -1.16. The summed E-state index contributed by atoms with van der Waals surface area (Å²) in [6.45, 7) is 6.76. The van der Waals surface area contributed by atoms with Crippen LogP contribution in [-0.2, 0) is 6.54 Å². The lowest BCUT2D eigenvalue weighted by atomic mass is 10.4. The molecule has 1 rings (SSSR count). The van der Waals surface area contributed by atoms with Gasteiger partial charge in [-0.2, -0.15) is 0 Å². The number of nitrogens with zero attached hydrogens (tertiary/aromatic N) is 2. The summed E-state index contributed by atoms with van der Waals surface area (Å²) >= 11 is 0. The number of unbranched alkanes of at least 4 members (excludes halogenated alkanes) is 1. The van der Waals surface area contributed by atoms with E-state index in [0.29, 0.717) is 5.88 Å². The first-order valence-corrected chi connectivity index (χ1v) is 6.01. The molecule has 0 atom stereocenters. The maximum Gasteiger partial charge on any atom is 0.232 e. The van der Waals surface area contributed by atoms with Crippen molar-refractivity contribution in [1.82, 2.24) is 15.3 Å². The molecule has 1 heterocycles. The largest absolute Gasteiger partial charge is 0.477 e. The lowest BCUT2D eigenvalue weighted by molar-refractivity contribution is 0.295. The Balaban J connectivity index is 2.37. The number of ether oxygens (including phenoxy) is 1. The maximum absolute atomic E-state index is 5.49. The van der Waals surface area contributed by atoms with Crippen LogP contribution in [0.15, 0.2) is 12.4 Å². The Labute approximate surface area is 97.5 Å². The van der Waals surface area contributed by atoms with Crippen LogP contribution >= 0.6 is 0 Å². The zero-order valence-corrected chi connectivity index (χ0v) is 10.2. The van der Waals surface area contributed by atoms with Crippen molar-refractivity contribution in [2.45, 2.75) is 39.7 Å². The Morgan fingerprint density at radius 3 is 2.88 bits per heavy atom. The third-order valence-electron chi connectivity index (χ3n) is 2.14. The van der Waals surface area contributed by atoms with Crippen LogP contribution in [0.2, 0.25) is 0 Å².